The van der Waals surface area contributed by atoms with Crippen LogP contribution in [0.15, 0.2) is 51.0 Å². The molecule has 2 N–H and O–H groups in total. The quantitative estimate of drug-likeness (QED) is 0.837. The predicted octanol–water partition coefficient (Wildman–Crippen LogP) is 2.00. The lowest BCUT2D eigenvalue weighted by atomic mass is 10.2. The molecule has 0 spiro atoms. The number of aliphatic hydroxyl groups excluding tert-OH is 1. The number of aromatic nitrogens is 2. The molecule has 140 valence electrons. The monoisotopic (exact) mass is 388 g/mol. The number of rotatable bonds is 4. The first-order valence-electron chi connectivity index (χ1n) is 7.70. The maximum absolute atomic E-state index is 12.9. The van der Waals surface area contributed by atoms with E-state index < -0.39 is 35.3 Å². The Kier molecular flexibility index (Phi) is 5.26. The van der Waals surface area contributed by atoms with Crippen molar-refractivity contribution in [2.24, 2.45) is 0 Å². The number of thioether (sulfide) groups is 1. The fourth-order valence-electron chi connectivity index (χ4n) is 2.73. The molecule has 0 saturated carbocycles. The van der Waals surface area contributed by atoms with Gasteiger partial charge in [-0.3, -0.25) is 14.3 Å². The highest BCUT2D eigenvalue weighted by Crippen LogP contribution is 2.39. The molecule has 1 aliphatic rings. The SMILES string of the molecule is O=c1[nH]c(=O)n([C@H]2C[C@H](Sc3ccccc3)[C@@H](CO)O2)cc1C(F)(F)F. The Bertz CT molecular complexity index is 882. The maximum atomic E-state index is 12.9. The highest BCUT2D eigenvalue weighted by Gasteiger charge is 2.39. The van der Waals surface area contributed by atoms with Crippen LogP contribution in [0.5, 0.6) is 0 Å². The highest BCUT2D eigenvalue weighted by atomic mass is 32.2. The Morgan fingerprint density at radius 2 is 1.96 bits per heavy atom. The van der Waals surface area contributed by atoms with E-state index in [2.05, 4.69) is 0 Å². The van der Waals surface area contributed by atoms with Crippen LogP contribution in [-0.4, -0.2) is 32.6 Å². The second kappa shape index (κ2) is 7.29. The lowest BCUT2D eigenvalue weighted by Crippen LogP contribution is -2.36. The van der Waals surface area contributed by atoms with Crippen LogP contribution in [0.2, 0.25) is 0 Å². The summed E-state index contributed by atoms with van der Waals surface area (Å²) >= 11 is 1.41. The molecule has 10 heteroatoms. The summed E-state index contributed by atoms with van der Waals surface area (Å²) in [6.45, 7) is -0.342. The minimum absolute atomic E-state index is 0.202. The number of H-pyrrole nitrogens is 1. The number of aliphatic hydroxyl groups is 1. The molecule has 1 saturated heterocycles. The van der Waals surface area contributed by atoms with Crippen LogP contribution >= 0.6 is 11.8 Å². The van der Waals surface area contributed by atoms with E-state index in [1.807, 2.05) is 30.3 Å². The molecule has 1 aromatic heterocycles. The number of nitrogens with one attached hydrogen (secondary N) is 1. The van der Waals surface area contributed by atoms with Crippen molar-refractivity contribution in [3.05, 3.63) is 62.9 Å². The molecule has 1 aromatic carbocycles. The third-order valence-corrected chi connectivity index (χ3v) is 5.32. The Morgan fingerprint density at radius 1 is 1.27 bits per heavy atom. The lowest BCUT2D eigenvalue weighted by molar-refractivity contribution is -0.139. The minimum atomic E-state index is -4.89. The van der Waals surface area contributed by atoms with Crippen molar-refractivity contribution in [3.63, 3.8) is 0 Å². The standard InChI is InChI=1S/C16H15F3N2O4S/c17-16(18,19)10-7-21(15(24)20-14(10)23)13-6-12(11(8-22)25-13)26-9-4-2-1-3-5-9/h1-5,7,11-13,22H,6,8H2,(H,20,23,24)/t11-,12+,13-/m1/s1. The van der Waals surface area contributed by atoms with Gasteiger partial charge in [-0.25, -0.2) is 4.79 Å². The van der Waals surface area contributed by atoms with Crippen LogP contribution in [0, 0.1) is 0 Å². The van der Waals surface area contributed by atoms with Gasteiger partial charge in [0.1, 0.15) is 11.8 Å². The van der Waals surface area contributed by atoms with Gasteiger partial charge in [0.05, 0.1) is 12.7 Å². The molecule has 3 rings (SSSR count). The van der Waals surface area contributed by atoms with Crippen molar-refractivity contribution in [2.45, 2.75) is 35.1 Å². The molecule has 2 aromatic rings. The van der Waals surface area contributed by atoms with E-state index in [9.17, 15) is 27.9 Å². The number of nitrogens with zero attached hydrogens (tertiary/aromatic N) is 1. The summed E-state index contributed by atoms with van der Waals surface area (Å²) in [5.74, 6) is 0. The van der Waals surface area contributed by atoms with Gasteiger partial charge in [-0.05, 0) is 12.1 Å². The summed E-state index contributed by atoms with van der Waals surface area (Å²) in [6, 6.07) is 9.25. The van der Waals surface area contributed by atoms with Crippen molar-refractivity contribution < 1.29 is 23.0 Å². The van der Waals surface area contributed by atoms with Gasteiger partial charge in [0.2, 0.25) is 0 Å². The fraction of sp³-hybridized carbons (Fsp3) is 0.375. The molecule has 1 fully saturated rings. The average Bonchev–Trinajstić information content (AvgIpc) is 2.97. The number of hydrogen-bond donors (Lipinski definition) is 2. The third-order valence-electron chi connectivity index (χ3n) is 3.97. The van der Waals surface area contributed by atoms with Gasteiger partial charge in [-0.2, -0.15) is 13.2 Å². The van der Waals surface area contributed by atoms with Crippen molar-refractivity contribution >= 4 is 11.8 Å². The van der Waals surface area contributed by atoms with Crippen LogP contribution < -0.4 is 11.2 Å². The highest BCUT2D eigenvalue weighted by molar-refractivity contribution is 8.00. The van der Waals surface area contributed by atoms with E-state index in [0.717, 1.165) is 9.46 Å². The van der Waals surface area contributed by atoms with E-state index >= 15 is 0 Å². The fourth-order valence-corrected chi connectivity index (χ4v) is 3.96. The van der Waals surface area contributed by atoms with E-state index in [0.29, 0.717) is 6.20 Å². The van der Waals surface area contributed by atoms with Crippen molar-refractivity contribution in [2.75, 3.05) is 6.61 Å². The predicted molar refractivity (Wildman–Crippen MR) is 88.0 cm³/mol. The van der Waals surface area contributed by atoms with E-state index in [4.69, 9.17) is 4.74 Å². The normalized spacial score (nSPS) is 23.3. The van der Waals surface area contributed by atoms with E-state index in [1.54, 1.807) is 4.98 Å². The number of halogens is 3. The van der Waals surface area contributed by atoms with E-state index in [-0.39, 0.29) is 18.3 Å². The Labute approximate surface area is 149 Å². The van der Waals surface area contributed by atoms with Crippen molar-refractivity contribution in [1.29, 1.82) is 0 Å². The summed E-state index contributed by atoms with van der Waals surface area (Å²) < 4.78 is 45.1. The number of aromatic amines is 1. The van der Waals surface area contributed by atoms with Gasteiger partial charge < -0.3 is 9.84 Å². The number of ether oxygens (including phenoxy) is 1. The minimum Gasteiger partial charge on any atom is -0.394 e. The summed E-state index contributed by atoms with van der Waals surface area (Å²) in [6.07, 6.45) is -5.89. The summed E-state index contributed by atoms with van der Waals surface area (Å²) in [4.78, 5) is 25.9. The van der Waals surface area contributed by atoms with Gasteiger partial charge in [0, 0.05) is 22.8 Å². The molecule has 0 aliphatic carbocycles. The molecule has 26 heavy (non-hydrogen) atoms. The van der Waals surface area contributed by atoms with Crippen molar-refractivity contribution in [1.82, 2.24) is 9.55 Å². The molecule has 2 heterocycles. The largest absolute Gasteiger partial charge is 0.423 e. The molecule has 0 radical (unpaired) electrons. The van der Waals surface area contributed by atoms with Crippen LogP contribution in [-0.2, 0) is 10.9 Å². The maximum Gasteiger partial charge on any atom is 0.423 e. The third kappa shape index (κ3) is 3.87. The Morgan fingerprint density at radius 3 is 2.58 bits per heavy atom. The topological polar surface area (TPSA) is 84.3 Å². The van der Waals surface area contributed by atoms with Crippen LogP contribution in [0.25, 0.3) is 0 Å². The molecule has 1 aliphatic heterocycles. The van der Waals surface area contributed by atoms with Gasteiger partial charge >= 0.3 is 11.9 Å². The number of alkyl halides is 3. The summed E-state index contributed by atoms with van der Waals surface area (Å²) in [5, 5.41) is 9.25. The Hall–Kier alpha value is -2.04. The molecule has 0 bridgehead atoms. The summed E-state index contributed by atoms with van der Waals surface area (Å²) in [5.41, 5.74) is -3.96. The van der Waals surface area contributed by atoms with E-state index in [1.165, 1.54) is 11.8 Å². The Balaban J connectivity index is 1.89. The first kappa shape index (κ1) is 18.7. The van der Waals surface area contributed by atoms with Gasteiger partial charge in [-0.15, -0.1) is 11.8 Å². The summed E-state index contributed by atoms with van der Waals surface area (Å²) in [7, 11) is 0. The van der Waals surface area contributed by atoms with Gasteiger partial charge in [0.25, 0.3) is 5.56 Å². The first-order valence-corrected chi connectivity index (χ1v) is 8.58. The lowest BCUT2D eigenvalue weighted by Gasteiger charge is -2.16. The van der Waals surface area contributed by atoms with Crippen LogP contribution in [0.1, 0.15) is 18.2 Å². The number of hydrogen-bond acceptors (Lipinski definition) is 5. The molecule has 0 unspecified atom stereocenters. The average molecular weight is 388 g/mol. The zero-order valence-electron chi connectivity index (χ0n) is 13.3. The van der Waals surface area contributed by atoms with Crippen LogP contribution in [0.3, 0.4) is 0 Å². The molecular formula is C16H15F3N2O4S. The smallest absolute Gasteiger partial charge is 0.394 e. The molecular weight excluding hydrogens is 373 g/mol. The van der Waals surface area contributed by atoms with Gasteiger partial charge in [-0.1, -0.05) is 18.2 Å². The second-order valence-electron chi connectivity index (χ2n) is 5.72. The molecule has 0 amide bonds. The van der Waals surface area contributed by atoms with Gasteiger partial charge in [0.15, 0.2) is 0 Å². The zero-order valence-corrected chi connectivity index (χ0v) is 14.1. The van der Waals surface area contributed by atoms with Crippen molar-refractivity contribution in [3.8, 4) is 0 Å². The molecule has 3 atom stereocenters. The second-order valence-corrected chi connectivity index (χ2v) is 7.04. The molecule has 6 nitrogen and oxygen atoms in total. The zero-order chi connectivity index (χ0) is 18.9. The van der Waals surface area contributed by atoms with Crippen LogP contribution in [0.4, 0.5) is 13.2 Å². The first-order chi connectivity index (χ1) is 12.3. The number of benzene rings is 1.